The first-order valence-corrected chi connectivity index (χ1v) is 25.1. The summed E-state index contributed by atoms with van der Waals surface area (Å²) in [7, 11) is 0. The summed E-state index contributed by atoms with van der Waals surface area (Å²) in [5.41, 5.74) is 20.9. The molecular weight excluding hydrogens is 881 g/mol. The molecule has 17 rings (SSSR count). The van der Waals surface area contributed by atoms with Crippen molar-refractivity contribution in [1.29, 1.82) is 0 Å². The summed E-state index contributed by atoms with van der Waals surface area (Å²) >= 11 is 0. The van der Waals surface area contributed by atoms with Gasteiger partial charge in [0.15, 0.2) is 0 Å². The molecule has 4 aromatic heterocycles. The van der Waals surface area contributed by atoms with Crippen LogP contribution in [-0.4, -0.2) is 0 Å². The summed E-state index contributed by atoms with van der Waals surface area (Å²) in [6.07, 6.45) is 0. The van der Waals surface area contributed by atoms with Gasteiger partial charge in [0.1, 0.15) is 44.7 Å². The summed E-state index contributed by atoms with van der Waals surface area (Å²) in [5.74, 6) is 0. The van der Waals surface area contributed by atoms with Crippen LogP contribution in [0.25, 0.3) is 154 Å². The lowest BCUT2D eigenvalue weighted by molar-refractivity contribution is 0.600. The van der Waals surface area contributed by atoms with Gasteiger partial charge in [0.25, 0.3) is 0 Å². The highest BCUT2D eigenvalue weighted by Gasteiger charge is 2.48. The van der Waals surface area contributed by atoms with Crippen LogP contribution in [0.1, 0.15) is 49.9 Å². The zero-order valence-corrected chi connectivity index (χ0v) is 40.0. The van der Waals surface area contributed by atoms with Crippen molar-refractivity contribution in [3.05, 3.63) is 204 Å². The molecule has 0 saturated heterocycles. The first-order valence-electron chi connectivity index (χ1n) is 25.1. The monoisotopic (exact) mass is 922 g/mol. The van der Waals surface area contributed by atoms with Crippen LogP contribution >= 0.6 is 0 Å². The van der Waals surface area contributed by atoms with E-state index >= 15 is 0 Å². The molecule has 0 amide bonds. The van der Waals surface area contributed by atoms with Gasteiger partial charge in [-0.15, -0.1) is 0 Å². The third-order valence-electron chi connectivity index (χ3n) is 17.0. The molecule has 72 heavy (non-hydrogen) atoms. The number of rotatable bonds is 2. The Hall–Kier alpha value is -8.86. The van der Waals surface area contributed by atoms with Crippen LogP contribution in [0.15, 0.2) is 200 Å². The number of fused-ring (bicyclic) bond motifs is 25. The van der Waals surface area contributed by atoms with Gasteiger partial charge in [0.05, 0.1) is 0 Å². The van der Waals surface area contributed by atoms with E-state index in [0.29, 0.717) is 0 Å². The van der Waals surface area contributed by atoms with Gasteiger partial charge in [0.2, 0.25) is 0 Å². The Morgan fingerprint density at radius 3 is 0.972 bits per heavy atom. The average Bonchev–Trinajstić information content (AvgIpc) is 4.25. The van der Waals surface area contributed by atoms with E-state index in [4.69, 9.17) is 17.7 Å². The van der Waals surface area contributed by atoms with Crippen molar-refractivity contribution >= 4 is 109 Å². The van der Waals surface area contributed by atoms with Gasteiger partial charge in [-0.05, 0) is 126 Å². The predicted molar refractivity (Wildman–Crippen MR) is 297 cm³/mol. The lowest BCUT2D eigenvalue weighted by atomic mass is 9.72. The number of furan rings is 4. The summed E-state index contributed by atoms with van der Waals surface area (Å²) in [6.45, 7) is 9.69. The summed E-state index contributed by atoms with van der Waals surface area (Å²) in [5, 5.41) is 13.7. The number of hydrogen-bond donors (Lipinski definition) is 0. The van der Waals surface area contributed by atoms with E-state index in [1.807, 2.05) is 0 Å². The number of para-hydroxylation sites is 4. The molecule has 0 bridgehead atoms. The molecule has 0 fully saturated rings. The largest absolute Gasteiger partial charge is 0.456 e. The van der Waals surface area contributed by atoms with Crippen molar-refractivity contribution in [3.63, 3.8) is 0 Å². The molecular formula is C68H42O4. The molecule has 4 nitrogen and oxygen atoms in total. The fourth-order valence-electron chi connectivity index (χ4n) is 14.0. The molecule has 4 heterocycles. The van der Waals surface area contributed by atoms with E-state index in [1.54, 1.807) is 0 Å². The van der Waals surface area contributed by atoms with Crippen LogP contribution in [0, 0.1) is 0 Å². The van der Waals surface area contributed by atoms with Gasteiger partial charge < -0.3 is 17.7 Å². The standard InChI is InChI=1S/C68H42O4/c1-67(2)49-31-47(45-33-55-57(37-19-7-5-17-35(37)45)39-21-9-13-25-51(39)69-55)59-41-23-11-15-27-53(41)71-65(59)61(49)43-29-30-44-62-50(68(3,4)64(44)63(43)67)32-48(60-42-24-12-16-28-54(42)72-66(60)62)46-34-56-58(38-20-8-6-18-36(38)46)40-22-10-14-26-52(40)70-56/h5-34H,1-4H3. The molecule has 4 heteroatoms. The fraction of sp³-hybridized carbons (Fsp3) is 0.0882. The van der Waals surface area contributed by atoms with Crippen molar-refractivity contribution in [2.75, 3.05) is 0 Å². The number of hydrogen-bond acceptors (Lipinski definition) is 4. The minimum atomic E-state index is -0.422. The van der Waals surface area contributed by atoms with Gasteiger partial charge in [-0.3, -0.25) is 0 Å². The van der Waals surface area contributed by atoms with Crippen LogP contribution in [-0.2, 0) is 10.8 Å². The Labute approximate surface area is 412 Å². The highest BCUT2D eigenvalue weighted by atomic mass is 16.3. The third kappa shape index (κ3) is 4.65. The van der Waals surface area contributed by atoms with E-state index in [0.717, 1.165) is 110 Å². The Balaban J connectivity index is 0.946. The topological polar surface area (TPSA) is 52.6 Å². The maximum Gasteiger partial charge on any atom is 0.144 e. The van der Waals surface area contributed by atoms with Crippen LogP contribution in [0.4, 0.5) is 0 Å². The van der Waals surface area contributed by atoms with Crippen molar-refractivity contribution in [2.45, 2.75) is 38.5 Å². The molecule has 338 valence electrons. The number of benzene rings is 11. The van der Waals surface area contributed by atoms with Crippen LogP contribution in [0.2, 0.25) is 0 Å². The van der Waals surface area contributed by atoms with E-state index in [-0.39, 0.29) is 0 Å². The maximum absolute atomic E-state index is 7.18. The lowest BCUT2D eigenvalue weighted by Gasteiger charge is -2.31. The van der Waals surface area contributed by atoms with Gasteiger partial charge in [-0.1, -0.05) is 161 Å². The molecule has 15 aromatic rings. The van der Waals surface area contributed by atoms with Crippen LogP contribution < -0.4 is 0 Å². The van der Waals surface area contributed by atoms with Gasteiger partial charge >= 0.3 is 0 Å². The normalized spacial score (nSPS) is 14.6. The first kappa shape index (κ1) is 38.9. The van der Waals surface area contributed by atoms with Crippen molar-refractivity contribution in [3.8, 4) is 44.5 Å². The smallest absolute Gasteiger partial charge is 0.144 e. The Bertz CT molecular complexity index is 4670. The molecule has 0 radical (unpaired) electrons. The first-order chi connectivity index (χ1) is 35.2. The van der Waals surface area contributed by atoms with Crippen molar-refractivity contribution in [1.82, 2.24) is 0 Å². The molecule has 2 aliphatic rings. The summed E-state index contributed by atoms with van der Waals surface area (Å²) < 4.78 is 27.8. The van der Waals surface area contributed by atoms with E-state index in [1.165, 1.54) is 66.1 Å². The van der Waals surface area contributed by atoms with Crippen LogP contribution in [0.3, 0.4) is 0 Å². The molecule has 0 unspecified atom stereocenters. The summed E-state index contributed by atoms with van der Waals surface area (Å²) in [6, 6.07) is 65.8. The third-order valence-corrected chi connectivity index (χ3v) is 17.0. The van der Waals surface area contributed by atoms with E-state index in [2.05, 4.69) is 210 Å². The fourth-order valence-corrected chi connectivity index (χ4v) is 14.0. The highest BCUT2D eigenvalue weighted by molar-refractivity contribution is 6.28. The van der Waals surface area contributed by atoms with Crippen molar-refractivity contribution < 1.29 is 17.7 Å². The van der Waals surface area contributed by atoms with E-state index < -0.39 is 10.8 Å². The molecule has 0 spiro atoms. The average molecular weight is 923 g/mol. The molecule has 0 N–H and O–H groups in total. The predicted octanol–water partition coefficient (Wildman–Crippen LogP) is 19.5. The second-order valence-corrected chi connectivity index (χ2v) is 21.3. The lowest BCUT2D eigenvalue weighted by Crippen LogP contribution is -2.24. The minimum absolute atomic E-state index is 0.422. The Morgan fingerprint density at radius 2 is 0.583 bits per heavy atom. The molecule has 0 aliphatic heterocycles. The van der Waals surface area contributed by atoms with Crippen molar-refractivity contribution in [2.24, 2.45) is 0 Å². The summed E-state index contributed by atoms with van der Waals surface area (Å²) in [4.78, 5) is 0. The van der Waals surface area contributed by atoms with Gasteiger partial charge in [0, 0.05) is 65.0 Å². The second-order valence-electron chi connectivity index (χ2n) is 21.3. The van der Waals surface area contributed by atoms with Gasteiger partial charge in [-0.2, -0.15) is 0 Å². The molecule has 0 atom stereocenters. The molecule has 11 aromatic carbocycles. The van der Waals surface area contributed by atoms with Gasteiger partial charge in [-0.25, -0.2) is 0 Å². The Kier molecular flexibility index (Phi) is 7.08. The SMILES string of the molecule is CC1(C)c2cc(-c3cc4oc5ccccc5c4c4ccccc34)c3c(oc4ccccc43)c2-c2ccc3c(c21)C(C)(C)c1cc(-c2cc4oc5ccccc5c4c4ccccc24)c2c(oc4ccccc42)c1-3. The molecule has 2 aliphatic carbocycles. The van der Waals surface area contributed by atoms with Crippen LogP contribution in [0.5, 0.6) is 0 Å². The quantitative estimate of drug-likeness (QED) is 0.173. The highest BCUT2D eigenvalue weighted by Crippen LogP contribution is 2.64. The molecule has 0 saturated carbocycles. The minimum Gasteiger partial charge on any atom is -0.456 e. The zero-order chi connectivity index (χ0) is 47.5. The second kappa shape index (κ2) is 13.1. The zero-order valence-electron chi connectivity index (χ0n) is 40.0. The maximum atomic E-state index is 7.18. The Morgan fingerprint density at radius 1 is 0.264 bits per heavy atom. The van der Waals surface area contributed by atoms with E-state index in [9.17, 15) is 0 Å².